The summed E-state index contributed by atoms with van der Waals surface area (Å²) < 4.78 is 0. The monoisotopic (exact) mass is 335 g/mol. The fraction of sp³-hybridized carbons (Fsp3) is 0.826. The number of hydrogen-bond donors (Lipinski definition) is 0. The summed E-state index contributed by atoms with van der Waals surface area (Å²) in [5.41, 5.74) is 0. The van der Waals surface area contributed by atoms with Crippen LogP contribution in [0.1, 0.15) is 104 Å². The Hall–Kier alpha value is -0.560. The van der Waals surface area contributed by atoms with Gasteiger partial charge >= 0.3 is 0 Å². The number of nitrogens with zero attached hydrogens (tertiary/aromatic N) is 1. The molecule has 0 aromatic rings. The van der Waals surface area contributed by atoms with Gasteiger partial charge < -0.3 is 4.90 Å². The molecule has 0 aliphatic rings. The van der Waals surface area contributed by atoms with Crippen molar-refractivity contribution in [3.63, 3.8) is 0 Å². The van der Waals surface area contributed by atoms with Crippen LogP contribution in [0.25, 0.3) is 0 Å². The van der Waals surface area contributed by atoms with E-state index in [1.54, 1.807) is 0 Å². The van der Waals surface area contributed by atoms with Crippen LogP contribution in [0, 0.1) is 0 Å². The number of allylic oxidation sites excluding steroid dienone is 4. The minimum atomic E-state index is 0.799. The van der Waals surface area contributed by atoms with E-state index in [1.165, 1.54) is 83.5 Å². The van der Waals surface area contributed by atoms with Gasteiger partial charge in [0.2, 0.25) is 0 Å². The smallest absolute Gasteiger partial charge is 0.00890 e. The molecule has 0 N–H and O–H groups in total. The van der Waals surface area contributed by atoms with Crippen LogP contribution in [-0.2, 0) is 0 Å². The minimum Gasteiger partial charge on any atom is -0.306 e. The van der Waals surface area contributed by atoms with Crippen LogP contribution in [0.15, 0.2) is 24.3 Å². The largest absolute Gasteiger partial charge is 0.306 e. The molecule has 1 unspecified atom stereocenters. The molecule has 0 radical (unpaired) electrons. The van der Waals surface area contributed by atoms with Crippen molar-refractivity contribution in [2.24, 2.45) is 0 Å². The third-order valence-electron chi connectivity index (χ3n) is 4.84. The second kappa shape index (κ2) is 18.8. The predicted octanol–water partition coefficient (Wildman–Crippen LogP) is 7.53. The number of hydrogen-bond acceptors (Lipinski definition) is 1. The molecule has 1 heteroatoms. The molecule has 1 nitrogen and oxygen atoms in total. The molecule has 0 aliphatic heterocycles. The van der Waals surface area contributed by atoms with Gasteiger partial charge in [0.1, 0.15) is 0 Å². The molecule has 0 aromatic carbocycles. The summed E-state index contributed by atoms with van der Waals surface area (Å²) in [7, 11) is 4.46. The van der Waals surface area contributed by atoms with E-state index in [-0.39, 0.29) is 0 Å². The Bertz CT molecular complexity index is 290. The molecule has 0 amide bonds. The van der Waals surface area contributed by atoms with Crippen LogP contribution >= 0.6 is 0 Å². The average molecular weight is 336 g/mol. The molecular formula is C23H45N. The first kappa shape index (κ1) is 23.4. The lowest BCUT2D eigenvalue weighted by Crippen LogP contribution is -2.27. The normalized spacial score (nSPS) is 13.5. The molecule has 0 rings (SSSR count). The third-order valence-corrected chi connectivity index (χ3v) is 4.84. The minimum absolute atomic E-state index is 0.799. The molecule has 0 heterocycles. The molecule has 0 aromatic heterocycles. The van der Waals surface area contributed by atoms with Crippen LogP contribution < -0.4 is 0 Å². The van der Waals surface area contributed by atoms with Gasteiger partial charge in [-0.3, -0.25) is 0 Å². The number of rotatable bonds is 17. The maximum atomic E-state index is 2.41. The molecule has 0 saturated heterocycles. The van der Waals surface area contributed by atoms with Crippen molar-refractivity contribution in [1.82, 2.24) is 4.90 Å². The highest BCUT2D eigenvalue weighted by Gasteiger charge is 2.08. The van der Waals surface area contributed by atoms with Crippen molar-refractivity contribution in [3.05, 3.63) is 24.3 Å². The fourth-order valence-corrected chi connectivity index (χ4v) is 3.19. The summed E-state index contributed by atoms with van der Waals surface area (Å²) in [4.78, 5) is 2.41. The van der Waals surface area contributed by atoms with Crippen molar-refractivity contribution in [1.29, 1.82) is 0 Å². The van der Waals surface area contributed by atoms with E-state index in [2.05, 4.69) is 57.1 Å². The molecule has 24 heavy (non-hydrogen) atoms. The second-order valence-electron chi connectivity index (χ2n) is 7.43. The average Bonchev–Trinajstić information content (AvgIpc) is 2.57. The summed E-state index contributed by atoms with van der Waals surface area (Å²) in [6.07, 6.45) is 28.1. The molecule has 0 spiro atoms. The van der Waals surface area contributed by atoms with Crippen LogP contribution in [0.2, 0.25) is 0 Å². The molecule has 0 bridgehead atoms. The first-order chi connectivity index (χ1) is 11.7. The highest BCUT2D eigenvalue weighted by Crippen LogP contribution is 2.14. The second-order valence-corrected chi connectivity index (χ2v) is 7.43. The molecule has 0 aliphatic carbocycles. The Morgan fingerprint density at radius 1 is 0.625 bits per heavy atom. The molecular weight excluding hydrogens is 290 g/mol. The number of unbranched alkanes of at least 4 members (excludes halogenated alkanes) is 8. The lowest BCUT2D eigenvalue weighted by Gasteiger charge is -2.23. The zero-order valence-electron chi connectivity index (χ0n) is 17.2. The maximum Gasteiger partial charge on any atom is 0.00890 e. The van der Waals surface area contributed by atoms with Crippen LogP contribution in [0.3, 0.4) is 0 Å². The van der Waals surface area contributed by atoms with Crippen molar-refractivity contribution in [3.8, 4) is 0 Å². The van der Waals surface area contributed by atoms with Gasteiger partial charge in [-0.05, 0) is 59.0 Å². The zero-order chi connectivity index (χ0) is 17.9. The molecule has 1 atom stereocenters. The molecule has 0 fully saturated rings. The highest BCUT2D eigenvalue weighted by molar-refractivity contribution is 4.92. The molecule has 0 saturated carbocycles. The first-order valence-corrected chi connectivity index (χ1v) is 10.7. The predicted molar refractivity (Wildman–Crippen MR) is 112 cm³/mol. The van der Waals surface area contributed by atoms with E-state index in [0.717, 1.165) is 12.5 Å². The van der Waals surface area contributed by atoms with Gasteiger partial charge in [0.05, 0.1) is 0 Å². The van der Waals surface area contributed by atoms with Gasteiger partial charge in [-0.1, -0.05) is 83.1 Å². The zero-order valence-corrected chi connectivity index (χ0v) is 17.2. The van der Waals surface area contributed by atoms with Crippen molar-refractivity contribution in [2.45, 2.75) is 110 Å². The Balaban J connectivity index is 3.36. The standard InChI is InChI=1S/C23H45N/c1-5-7-8-9-10-11-12-13-14-15-16-17-18-19-20-22-23(21-6-2)24(3)4/h10-11,13-14,23H,5-9,12,15-22H2,1-4H3/b11-10-,14-13?. The van der Waals surface area contributed by atoms with Crippen LogP contribution in [0.5, 0.6) is 0 Å². The van der Waals surface area contributed by atoms with Gasteiger partial charge in [0, 0.05) is 6.04 Å². The maximum absolute atomic E-state index is 2.41. The Morgan fingerprint density at radius 2 is 1.21 bits per heavy atom. The van der Waals surface area contributed by atoms with Gasteiger partial charge in [0.25, 0.3) is 0 Å². The van der Waals surface area contributed by atoms with Crippen LogP contribution in [0.4, 0.5) is 0 Å². The van der Waals surface area contributed by atoms with Crippen molar-refractivity contribution in [2.75, 3.05) is 14.1 Å². The lowest BCUT2D eigenvalue weighted by molar-refractivity contribution is 0.256. The fourth-order valence-electron chi connectivity index (χ4n) is 3.19. The van der Waals surface area contributed by atoms with E-state index in [9.17, 15) is 0 Å². The Morgan fingerprint density at radius 3 is 1.79 bits per heavy atom. The Labute approximate surface area is 153 Å². The van der Waals surface area contributed by atoms with E-state index in [1.807, 2.05) is 0 Å². The van der Waals surface area contributed by atoms with E-state index in [0.29, 0.717) is 0 Å². The van der Waals surface area contributed by atoms with E-state index >= 15 is 0 Å². The lowest BCUT2D eigenvalue weighted by atomic mass is 10.0. The van der Waals surface area contributed by atoms with E-state index < -0.39 is 0 Å². The third kappa shape index (κ3) is 16.3. The van der Waals surface area contributed by atoms with Gasteiger partial charge in [0.15, 0.2) is 0 Å². The molecule has 142 valence electrons. The SMILES string of the molecule is CCCCC/C=C\CC=CCCCCCCCC(CCC)N(C)C. The topological polar surface area (TPSA) is 3.24 Å². The van der Waals surface area contributed by atoms with Gasteiger partial charge in [-0.15, -0.1) is 0 Å². The van der Waals surface area contributed by atoms with Crippen LogP contribution in [-0.4, -0.2) is 25.0 Å². The summed E-state index contributed by atoms with van der Waals surface area (Å²) in [6, 6.07) is 0.799. The van der Waals surface area contributed by atoms with Gasteiger partial charge in [-0.2, -0.15) is 0 Å². The Kier molecular flexibility index (Phi) is 18.3. The summed E-state index contributed by atoms with van der Waals surface area (Å²) in [5.74, 6) is 0. The van der Waals surface area contributed by atoms with Crippen molar-refractivity contribution >= 4 is 0 Å². The quantitative estimate of drug-likeness (QED) is 0.196. The summed E-state index contributed by atoms with van der Waals surface area (Å²) in [6.45, 7) is 4.56. The highest BCUT2D eigenvalue weighted by atomic mass is 15.1. The summed E-state index contributed by atoms with van der Waals surface area (Å²) in [5, 5.41) is 0. The summed E-state index contributed by atoms with van der Waals surface area (Å²) >= 11 is 0. The van der Waals surface area contributed by atoms with E-state index in [4.69, 9.17) is 0 Å². The van der Waals surface area contributed by atoms with Gasteiger partial charge in [-0.25, -0.2) is 0 Å². The van der Waals surface area contributed by atoms with Crippen molar-refractivity contribution < 1.29 is 0 Å². The first-order valence-electron chi connectivity index (χ1n) is 10.7.